The first-order valence-electron chi connectivity index (χ1n) is 9.74. The minimum absolute atomic E-state index is 0.0602. The summed E-state index contributed by atoms with van der Waals surface area (Å²) in [5, 5.41) is 7.96. The maximum atomic E-state index is 14.3. The van der Waals surface area contributed by atoms with Crippen LogP contribution in [0.5, 0.6) is 0 Å². The molecule has 2 radical (unpaired) electrons. The number of hydrogen-bond acceptors (Lipinski definition) is 3. The number of oxime groups is 1. The fraction of sp³-hybridized carbons (Fsp3) is 0.174. The van der Waals surface area contributed by atoms with Crippen LogP contribution >= 0.6 is 23.2 Å². The van der Waals surface area contributed by atoms with Gasteiger partial charge in [-0.25, -0.2) is 0 Å². The number of fused-ring (bicyclic) bond motifs is 1. The number of carbonyl (C=O) groups is 1. The Morgan fingerprint density at radius 3 is 2.42 bits per heavy atom. The zero-order chi connectivity index (χ0) is 23.8. The van der Waals surface area contributed by atoms with Gasteiger partial charge in [-0.1, -0.05) is 23.2 Å². The van der Waals surface area contributed by atoms with Crippen molar-refractivity contribution in [3.05, 3.63) is 81.3 Å². The molecule has 1 aliphatic heterocycles. The topological polar surface area (TPSA) is 50.7 Å². The molecule has 1 amide bonds. The first-order chi connectivity index (χ1) is 15.7. The molecule has 0 saturated heterocycles. The number of hydrogen-bond donors (Lipinski definition) is 1. The Labute approximate surface area is 210 Å². The second-order valence-corrected chi connectivity index (χ2v) is 9.45. The molecular weight excluding hydrogens is 583 g/mol. The number of halogens is 5. The van der Waals surface area contributed by atoms with Crippen LogP contribution in [-0.4, -0.2) is 50.4 Å². The van der Waals surface area contributed by atoms with Crippen molar-refractivity contribution < 1.29 is 22.8 Å². The van der Waals surface area contributed by atoms with Crippen LogP contribution in [-0.2, 0) is 10.4 Å². The van der Waals surface area contributed by atoms with Gasteiger partial charge in [0.15, 0.2) is 0 Å². The number of alkyl halides is 3. The van der Waals surface area contributed by atoms with Gasteiger partial charge < -0.3 is 0 Å². The predicted molar refractivity (Wildman–Crippen MR) is 125 cm³/mol. The first-order valence-corrected chi connectivity index (χ1v) is 12.1. The third kappa shape index (κ3) is 4.50. The van der Waals surface area contributed by atoms with Crippen molar-refractivity contribution in [3.63, 3.8) is 0 Å². The number of rotatable bonds is 5. The van der Waals surface area contributed by atoms with E-state index in [9.17, 15) is 18.0 Å². The van der Waals surface area contributed by atoms with E-state index < -0.39 is 18.2 Å². The van der Waals surface area contributed by atoms with Crippen molar-refractivity contribution in [2.24, 2.45) is 5.16 Å². The van der Waals surface area contributed by atoms with E-state index in [0.29, 0.717) is 28.4 Å². The summed E-state index contributed by atoms with van der Waals surface area (Å²) >= 11 is 13.1. The average molecular weight is 598 g/mol. The van der Waals surface area contributed by atoms with Crippen molar-refractivity contribution in [2.45, 2.75) is 18.2 Å². The third-order valence-corrected chi connectivity index (χ3v) is 6.38. The summed E-state index contributed by atoms with van der Waals surface area (Å²) in [5.74, 6) is -0.265. The van der Waals surface area contributed by atoms with Crippen LogP contribution < -0.4 is 5.32 Å². The molecule has 33 heavy (non-hydrogen) atoms. The second-order valence-electron chi connectivity index (χ2n) is 7.41. The van der Waals surface area contributed by atoms with Crippen LogP contribution in [0.2, 0.25) is 10.0 Å². The number of nitrogens with one attached hydrogen (secondary N) is 1. The van der Waals surface area contributed by atoms with Crippen molar-refractivity contribution in [2.75, 3.05) is 6.54 Å². The summed E-state index contributed by atoms with van der Waals surface area (Å²) in [6.45, 7) is 0.435. The molecule has 1 heterocycles. The molecule has 3 aromatic rings. The molecule has 4 rings (SSSR count). The Balaban J connectivity index is 1.79. The van der Waals surface area contributed by atoms with Gasteiger partial charge in [0.25, 0.3) is 0 Å². The van der Waals surface area contributed by atoms with E-state index in [2.05, 4.69) is 10.5 Å². The summed E-state index contributed by atoms with van der Waals surface area (Å²) in [4.78, 5) is 17.7. The molecule has 0 saturated carbocycles. The van der Waals surface area contributed by atoms with Crippen LogP contribution in [0.3, 0.4) is 0 Å². The summed E-state index contributed by atoms with van der Waals surface area (Å²) in [6.07, 6.45) is -5.36. The third-order valence-electron chi connectivity index (χ3n) is 5.36. The molecule has 168 valence electrons. The fourth-order valence-corrected chi connectivity index (χ4v) is 4.64. The van der Waals surface area contributed by atoms with Crippen molar-refractivity contribution in [3.8, 4) is 0 Å². The molecular formula is C23H15Cl2F3N2O2Sn. The van der Waals surface area contributed by atoms with E-state index >= 15 is 0 Å². The van der Waals surface area contributed by atoms with Gasteiger partial charge in [0, 0.05) is 10.0 Å². The van der Waals surface area contributed by atoms with E-state index in [4.69, 9.17) is 28.0 Å². The van der Waals surface area contributed by atoms with Crippen LogP contribution in [0.15, 0.2) is 59.8 Å². The summed E-state index contributed by atoms with van der Waals surface area (Å²) in [7, 11) is 0. The van der Waals surface area contributed by atoms with Gasteiger partial charge in [0.1, 0.15) is 0 Å². The van der Waals surface area contributed by atoms with Crippen molar-refractivity contribution in [1.82, 2.24) is 5.32 Å². The van der Waals surface area contributed by atoms with Gasteiger partial charge in [-0.3, -0.25) is 0 Å². The van der Waals surface area contributed by atoms with Crippen LogP contribution in [0.25, 0.3) is 10.8 Å². The zero-order valence-corrected chi connectivity index (χ0v) is 21.2. The van der Waals surface area contributed by atoms with Crippen LogP contribution in [0, 0.1) is 0 Å². The molecule has 0 bridgehead atoms. The van der Waals surface area contributed by atoms with Gasteiger partial charge in [0.05, 0.1) is 0 Å². The van der Waals surface area contributed by atoms with Gasteiger partial charge in [-0.05, 0) is 18.2 Å². The van der Waals surface area contributed by atoms with Gasteiger partial charge >= 0.3 is 146 Å². The molecule has 0 spiro atoms. The second kappa shape index (κ2) is 9.27. The van der Waals surface area contributed by atoms with E-state index in [1.165, 1.54) is 40.3 Å². The predicted octanol–water partition coefficient (Wildman–Crippen LogP) is 5.43. The Kier molecular flexibility index (Phi) is 6.75. The Morgan fingerprint density at radius 1 is 1.12 bits per heavy atom. The van der Waals surface area contributed by atoms with Gasteiger partial charge in [-0.15, -0.1) is 0 Å². The molecule has 10 heteroatoms. The average Bonchev–Trinajstić information content (AvgIpc) is 3.23. The molecule has 1 unspecified atom stereocenters. The fourth-order valence-electron chi connectivity index (χ4n) is 3.82. The van der Waals surface area contributed by atoms with Crippen molar-refractivity contribution >= 4 is 71.7 Å². The normalized spacial score (nSPS) is 18.0. The van der Waals surface area contributed by atoms with E-state index in [0.717, 1.165) is 0 Å². The van der Waals surface area contributed by atoms with Crippen LogP contribution in [0.4, 0.5) is 13.2 Å². The van der Waals surface area contributed by atoms with Crippen LogP contribution in [0.1, 0.15) is 27.9 Å². The number of benzene rings is 3. The summed E-state index contributed by atoms with van der Waals surface area (Å²) < 4.78 is 44.8. The van der Waals surface area contributed by atoms with E-state index in [1.807, 2.05) is 4.02 Å². The molecule has 1 atom stereocenters. The molecule has 0 aliphatic carbocycles. The maximum absolute atomic E-state index is 14.3. The van der Waals surface area contributed by atoms with Gasteiger partial charge in [0.2, 0.25) is 0 Å². The molecule has 3 aromatic carbocycles. The molecule has 1 aliphatic rings. The number of carbonyl (C=O) groups excluding carboxylic acids is 1. The minimum atomic E-state index is -4.79. The quantitative estimate of drug-likeness (QED) is 0.399. The summed E-state index contributed by atoms with van der Waals surface area (Å²) in [5.41, 5.74) is -1.97. The van der Waals surface area contributed by atoms with E-state index in [-0.39, 0.29) is 27.2 Å². The Morgan fingerprint density at radius 2 is 1.79 bits per heavy atom. The SMILES string of the molecule is O=C(NC[CH]=[Sn])c1ccc(C2=NOC(c3cc(Cl)cc(Cl)c3)(C(F)(F)F)C2)c2ccccc12. The molecule has 4 nitrogen and oxygen atoms in total. The van der Waals surface area contributed by atoms with Gasteiger partial charge in [-0.2, -0.15) is 13.2 Å². The Bertz CT molecular complexity index is 1280. The summed E-state index contributed by atoms with van der Waals surface area (Å²) in [6, 6.07) is 13.9. The zero-order valence-electron chi connectivity index (χ0n) is 16.8. The molecule has 0 fully saturated rings. The first kappa shape index (κ1) is 24.0. The van der Waals surface area contributed by atoms with Crippen molar-refractivity contribution in [1.29, 1.82) is 0 Å². The molecule has 1 N–H and O–H groups in total. The monoisotopic (exact) mass is 598 g/mol. The standard InChI is InChI=1S/C23H15Cl2F3N2O2.Sn/c1-2-29-21(31)19-8-7-18(16-5-3-4-6-17(16)19)20-12-22(32-30-20,23(26,27)28)13-9-14(24)11-15(25)10-13;/h1,3-11H,2,12H2,(H,29,31);. The molecule has 0 aromatic heterocycles. The number of amides is 1. The number of nitrogens with zero attached hydrogens (tertiary/aromatic N) is 1. The van der Waals surface area contributed by atoms with E-state index in [1.54, 1.807) is 36.4 Å². The Hall–Kier alpha value is -2.10.